The van der Waals surface area contributed by atoms with Crippen LogP contribution in [0.4, 0.5) is 0 Å². The van der Waals surface area contributed by atoms with Crippen LogP contribution >= 0.6 is 0 Å². The molecule has 4 N–H and O–H groups in total. The highest BCUT2D eigenvalue weighted by Gasteiger charge is 2.75. The number of carbonyl (C=O) groups excluding carboxylic acids is 6. The minimum Gasteiger partial charge on any atom is -0.443 e. The molecule has 0 unspecified atom stereocenters. The van der Waals surface area contributed by atoms with Gasteiger partial charge in [0.05, 0.1) is 23.7 Å². The molecule has 2 saturated heterocycles. The number of amides is 4. The van der Waals surface area contributed by atoms with E-state index in [0.717, 1.165) is 20.9 Å². The molecule has 6 aliphatic rings. The van der Waals surface area contributed by atoms with Crippen molar-refractivity contribution in [1.82, 2.24) is 9.80 Å². The Balaban J connectivity index is 0.988. The third-order valence-corrected chi connectivity index (χ3v) is 10.4. The number of carbonyl (C=O) groups is 6. The van der Waals surface area contributed by atoms with Crippen LogP contribution < -0.4 is 11.5 Å². The van der Waals surface area contributed by atoms with Crippen molar-refractivity contribution in [2.24, 2.45) is 58.8 Å². The first-order valence-electron chi connectivity index (χ1n) is 15.5. The Bertz CT molecular complexity index is 1570. The first-order valence-corrected chi connectivity index (χ1v) is 15.5. The quantitative estimate of drug-likeness (QED) is 0.213. The van der Waals surface area contributed by atoms with Gasteiger partial charge in [-0.25, -0.2) is 9.80 Å². The van der Waals surface area contributed by atoms with Crippen molar-refractivity contribution in [3.05, 3.63) is 83.9 Å². The van der Waals surface area contributed by atoms with Crippen LogP contribution in [0.1, 0.15) is 11.1 Å². The number of nitrogens with zero attached hydrogens (tertiary/aromatic N) is 2. The van der Waals surface area contributed by atoms with Gasteiger partial charge in [0.2, 0.25) is 23.6 Å². The number of fused-ring (bicyclic) bond motifs is 1. The van der Waals surface area contributed by atoms with Crippen LogP contribution in [0.2, 0.25) is 0 Å². The fourth-order valence-corrected chi connectivity index (χ4v) is 8.35. The number of likely N-dealkylation sites (tertiary alicyclic amines) is 2. The average Bonchev–Trinajstić information content (AvgIpc) is 3.42. The molecule has 4 amide bonds. The van der Waals surface area contributed by atoms with Crippen LogP contribution in [0.25, 0.3) is 0 Å². The molecule has 4 fully saturated rings. The van der Waals surface area contributed by atoms with Crippen LogP contribution in [0.15, 0.2) is 72.8 Å². The molecule has 4 aliphatic carbocycles. The van der Waals surface area contributed by atoms with Gasteiger partial charge < -0.3 is 20.9 Å². The number of ether oxygens (including phenoxy) is 2. The number of hydrogen-bond donors (Lipinski definition) is 2. The van der Waals surface area contributed by atoms with E-state index in [1.807, 2.05) is 72.8 Å². The molecular weight excluding hydrogens is 592 g/mol. The molecule has 12 heteroatoms. The lowest BCUT2D eigenvalue weighted by Gasteiger charge is -2.60. The largest absolute Gasteiger partial charge is 0.443 e. The molecule has 2 saturated carbocycles. The van der Waals surface area contributed by atoms with E-state index in [-0.39, 0.29) is 24.7 Å². The second kappa shape index (κ2) is 11.6. The fraction of sp³-hybridized carbons (Fsp3) is 0.412. The average molecular weight is 627 g/mol. The van der Waals surface area contributed by atoms with Crippen LogP contribution in [0, 0.1) is 47.3 Å². The van der Waals surface area contributed by atoms with Crippen molar-refractivity contribution in [3.63, 3.8) is 0 Å². The Morgan fingerprint density at radius 1 is 0.587 bits per heavy atom. The molecule has 2 aliphatic heterocycles. The van der Waals surface area contributed by atoms with Gasteiger partial charge in [0.25, 0.3) is 0 Å². The molecule has 2 heterocycles. The second-order valence-corrected chi connectivity index (χ2v) is 12.8. The lowest BCUT2D eigenvalue weighted by molar-refractivity contribution is -0.166. The normalized spacial score (nSPS) is 31.6. The van der Waals surface area contributed by atoms with Crippen LogP contribution in [-0.2, 0) is 51.1 Å². The molecule has 46 heavy (non-hydrogen) atoms. The number of esters is 2. The van der Waals surface area contributed by atoms with Crippen molar-refractivity contribution in [1.29, 1.82) is 0 Å². The fourth-order valence-electron chi connectivity index (χ4n) is 8.35. The zero-order chi connectivity index (χ0) is 32.3. The van der Waals surface area contributed by atoms with Crippen molar-refractivity contribution >= 4 is 35.6 Å². The maximum absolute atomic E-state index is 13.6. The molecular formula is C34H34N4O8. The third kappa shape index (κ3) is 4.74. The number of imide groups is 2. The van der Waals surface area contributed by atoms with Crippen LogP contribution in [0.5, 0.6) is 0 Å². The maximum Gasteiger partial charge on any atom is 0.324 e. The molecule has 12 nitrogen and oxygen atoms in total. The van der Waals surface area contributed by atoms with Crippen LogP contribution in [-0.4, -0.2) is 70.9 Å². The molecule has 2 aromatic rings. The number of benzene rings is 2. The smallest absolute Gasteiger partial charge is 0.324 e. The summed E-state index contributed by atoms with van der Waals surface area (Å²) in [6, 6.07) is 16.4. The van der Waals surface area contributed by atoms with Crippen molar-refractivity contribution in [2.45, 2.75) is 24.9 Å². The summed E-state index contributed by atoms with van der Waals surface area (Å²) in [5, 5.41) is 0. The predicted octanol–water partition coefficient (Wildman–Crippen LogP) is 0.392. The second-order valence-electron chi connectivity index (χ2n) is 12.8. The zero-order valence-electron chi connectivity index (χ0n) is 24.8. The van der Waals surface area contributed by atoms with Gasteiger partial charge in [0.1, 0.15) is 12.1 Å². The Morgan fingerprint density at radius 2 is 0.935 bits per heavy atom. The summed E-state index contributed by atoms with van der Waals surface area (Å²) in [5.74, 6) is -7.53. The summed E-state index contributed by atoms with van der Waals surface area (Å²) in [5.41, 5.74) is 13.7. The maximum atomic E-state index is 13.6. The van der Waals surface area contributed by atoms with Gasteiger partial charge in [0.15, 0.2) is 13.5 Å². The molecule has 0 radical (unpaired) electrons. The summed E-state index contributed by atoms with van der Waals surface area (Å²) in [4.78, 5) is 81.3. The van der Waals surface area contributed by atoms with E-state index < -0.39 is 96.6 Å². The van der Waals surface area contributed by atoms with Gasteiger partial charge in [-0.1, -0.05) is 72.8 Å². The molecule has 238 valence electrons. The van der Waals surface area contributed by atoms with Gasteiger partial charge in [-0.3, -0.25) is 28.8 Å². The minimum absolute atomic E-state index is 0.242. The molecule has 2 aromatic carbocycles. The van der Waals surface area contributed by atoms with E-state index in [1.165, 1.54) is 0 Å². The lowest BCUT2D eigenvalue weighted by Crippen LogP contribution is -2.63. The van der Waals surface area contributed by atoms with Gasteiger partial charge >= 0.3 is 11.9 Å². The van der Waals surface area contributed by atoms with E-state index in [4.69, 9.17) is 20.9 Å². The first-order chi connectivity index (χ1) is 22.2. The highest BCUT2D eigenvalue weighted by molar-refractivity contribution is 6.09. The van der Waals surface area contributed by atoms with E-state index >= 15 is 0 Å². The van der Waals surface area contributed by atoms with E-state index in [2.05, 4.69) is 0 Å². The summed E-state index contributed by atoms with van der Waals surface area (Å²) >= 11 is 0. The summed E-state index contributed by atoms with van der Waals surface area (Å²) in [6.07, 6.45) is 4.24. The van der Waals surface area contributed by atoms with Gasteiger partial charge in [-0.15, -0.1) is 0 Å². The van der Waals surface area contributed by atoms with Gasteiger partial charge in [0, 0.05) is 0 Å². The first kappa shape index (κ1) is 30.0. The molecule has 10 atom stereocenters. The minimum atomic E-state index is -0.968. The number of nitrogens with two attached hydrogens (primary N) is 2. The van der Waals surface area contributed by atoms with E-state index in [0.29, 0.717) is 0 Å². The Labute approximate surface area is 264 Å². The number of rotatable bonds is 10. The summed E-state index contributed by atoms with van der Waals surface area (Å²) in [6.45, 7) is -1.08. The van der Waals surface area contributed by atoms with E-state index in [9.17, 15) is 28.8 Å². The third-order valence-electron chi connectivity index (χ3n) is 10.4. The van der Waals surface area contributed by atoms with E-state index in [1.54, 1.807) is 0 Å². The number of hydrogen-bond acceptors (Lipinski definition) is 10. The van der Waals surface area contributed by atoms with Crippen molar-refractivity contribution < 1.29 is 38.2 Å². The summed E-state index contributed by atoms with van der Waals surface area (Å²) < 4.78 is 10.6. The molecule has 0 spiro atoms. The monoisotopic (exact) mass is 626 g/mol. The Morgan fingerprint density at radius 3 is 1.30 bits per heavy atom. The standard InChI is InChI=1S/C34H34N4O8/c35-21(13-17-7-3-1-4-8-17)33(43)45-15-37-29(39)25-19-11-12-20(26(25)30(37)40)24-23(19)27-28(24)32(42)38(31(27)41)16-46-34(44)22(36)14-18-9-5-2-6-10-18/h1-12,19-28H,13-16,35-36H2/t19-,20-,21-,22-,23-,24-,25+,26+,27-,28-/m1/s1. The summed E-state index contributed by atoms with van der Waals surface area (Å²) in [7, 11) is 0. The van der Waals surface area contributed by atoms with Crippen molar-refractivity contribution in [2.75, 3.05) is 13.5 Å². The molecule has 2 bridgehead atoms. The highest BCUT2D eigenvalue weighted by atomic mass is 16.6. The Hall–Kier alpha value is -4.68. The molecule has 0 aromatic heterocycles. The van der Waals surface area contributed by atoms with Gasteiger partial charge in [-0.2, -0.15) is 0 Å². The van der Waals surface area contributed by atoms with Crippen LogP contribution in [0.3, 0.4) is 0 Å². The SMILES string of the molecule is N[C@H](Cc1ccccc1)C(=O)OCN1C(=O)[C@H]2[C@@H]3C=C[C@@H]([C@@H]2C1=O)[C@H]1[C@H]2C(=O)N(COC(=O)[C@H](N)Cc4ccccc4)C(=O)[C@@H]2[C@H]31. The van der Waals surface area contributed by atoms with Gasteiger partial charge in [-0.05, 0) is 47.6 Å². The topological polar surface area (TPSA) is 179 Å². The Kier molecular flexibility index (Phi) is 7.56. The predicted molar refractivity (Wildman–Crippen MR) is 159 cm³/mol. The highest BCUT2D eigenvalue weighted by Crippen LogP contribution is 2.68. The van der Waals surface area contributed by atoms with Crippen molar-refractivity contribution in [3.8, 4) is 0 Å². The number of allylic oxidation sites excluding steroid dienone is 2. The molecule has 8 rings (SSSR count). The zero-order valence-corrected chi connectivity index (χ0v) is 24.8. The lowest BCUT2D eigenvalue weighted by atomic mass is 9.40.